The topological polar surface area (TPSA) is 284 Å². The predicted molar refractivity (Wildman–Crippen MR) is 556 cm³/mol. The van der Waals surface area contributed by atoms with Gasteiger partial charge in [0.05, 0.1) is 89.9 Å². The largest absolute Gasteiger partial charge is 0.501 e. The van der Waals surface area contributed by atoms with Crippen molar-refractivity contribution in [3.05, 3.63) is 390 Å². The average Bonchev–Trinajstić information content (AvgIpc) is 1.60. The Morgan fingerprint density at radius 3 is 1.15 bits per heavy atom. The van der Waals surface area contributed by atoms with Crippen molar-refractivity contribution >= 4 is 223 Å². The van der Waals surface area contributed by atoms with E-state index in [4.69, 9.17) is 84.4 Å². The van der Waals surface area contributed by atoms with Crippen LogP contribution in [0.3, 0.4) is 0 Å². The second kappa shape index (κ2) is 47.3. The highest BCUT2D eigenvalue weighted by molar-refractivity contribution is 14.1. The Hall–Kier alpha value is -8.74. The Balaban J connectivity index is 0.000000168. The molecule has 17 rings (SSSR count). The van der Waals surface area contributed by atoms with E-state index in [0.29, 0.717) is 47.7 Å². The van der Waals surface area contributed by atoms with Crippen molar-refractivity contribution in [2.24, 2.45) is 0 Å². The zero-order chi connectivity index (χ0) is 95.2. The number of nitrogens with zero attached hydrogens (tertiary/aromatic N) is 4. The fraction of sp³-hybridized carbons (Fsp3) is 0.188. The summed E-state index contributed by atoms with van der Waals surface area (Å²) in [6.45, 7) is 23.9. The van der Waals surface area contributed by atoms with Crippen molar-refractivity contribution in [3.8, 4) is 44.5 Å². The first-order valence-electron chi connectivity index (χ1n) is 40.3. The molecule has 4 heterocycles. The minimum atomic E-state index is -1.34. The monoisotopic (exact) mass is 2240 g/mol. The number of rotatable bonds is 11. The van der Waals surface area contributed by atoms with Crippen LogP contribution in [0.5, 0.6) is 0 Å². The van der Waals surface area contributed by atoms with Gasteiger partial charge in [-0.15, -0.1) is 0 Å². The van der Waals surface area contributed by atoms with Crippen LogP contribution in [0.25, 0.3) is 66.3 Å². The van der Waals surface area contributed by atoms with Crippen molar-refractivity contribution in [1.29, 1.82) is 0 Å². The number of aromatic amines is 1. The Morgan fingerprint density at radius 1 is 0.354 bits per heavy atom. The second-order valence-electron chi connectivity index (χ2n) is 32.1. The molecule has 0 radical (unpaired) electrons. The van der Waals surface area contributed by atoms with Crippen LogP contribution in [-0.2, 0) is 27.9 Å². The number of hydrogen-bond acceptors (Lipinski definition) is 16. The highest BCUT2D eigenvalue weighted by atomic mass is 127. The molecule has 0 amide bonds. The molecular formula is C96H90B4Br3Cl4I2N5O16. The summed E-state index contributed by atoms with van der Waals surface area (Å²) in [6, 6.07) is 94.1. The molecule has 1 aromatic heterocycles. The first-order chi connectivity index (χ1) is 61.3. The summed E-state index contributed by atoms with van der Waals surface area (Å²) in [5.74, 6) is 0. The van der Waals surface area contributed by atoms with Crippen LogP contribution in [0.4, 0.5) is 22.7 Å². The lowest BCUT2D eigenvalue weighted by atomic mass is 9.49. The third-order valence-electron chi connectivity index (χ3n) is 21.6. The summed E-state index contributed by atoms with van der Waals surface area (Å²) in [4.78, 5) is 45.2. The van der Waals surface area contributed by atoms with Crippen LogP contribution < -0.4 is 10.9 Å². The molecule has 3 saturated heterocycles. The van der Waals surface area contributed by atoms with E-state index in [1.54, 1.807) is 121 Å². The summed E-state index contributed by atoms with van der Waals surface area (Å²) in [7, 11) is -2.99. The van der Waals surface area contributed by atoms with Gasteiger partial charge in [-0.25, -0.2) is 0 Å². The van der Waals surface area contributed by atoms with Gasteiger partial charge in [0.2, 0.25) is 0 Å². The zero-order valence-electron chi connectivity index (χ0n) is 72.6. The summed E-state index contributed by atoms with van der Waals surface area (Å²) >= 11 is 38.7. The molecule has 3 N–H and O–H groups in total. The maximum atomic E-state index is 11.2. The normalized spacial score (nSPS) is 14.7. The lowest BCUT2D eigenvalue weighted by Crippen LogP contribution is -2.41. The molecule has 0 spiro atoms. The molecule has 3 aliphatic rings. The number of nitro groups is 4. The fourth-order valence-corrected chi connectivity index (χ4v) is 16.0. The van der Waals surface area contributed by atoms with E-state index in [9.17, 15) is 40.5 Å². The van der Waals surface area contributed by atoms with E-state index in [2.05, 4.69) is 153 Å². The molecule has 0 saturated carbocycles. The van der Waals surface area contributed by atoms with Crippen LogP contribution in [0, 0.1) is 47.6 Å². The van der Waals surface area contributed by atoms with Crippen LogP contribution in [0.15, 0.2) is 323 Å². The van der Waals surface area contributed by atoms with Gasteiger partial charge in [-0.05, 0) is 257 Å². The highest BCUT2D eigenvalue weighted by Gasteiger charge is 2.64. The molecular weight excluding hydrogens is 2160 g/mol. The second-order valence-corrected chi connectivity index (χ2v) is 38.8. The van der Waals surface area contributed by atoms with E-state index in [1.807, 2.05) is 192 Å². The number of hydrogen-bond donors (Lipinski definition) is 3. The number of aromatic nitrogens is 1. The molecule has 0 aliphatic carbocycles. The molecule has 13 aromatic carbocycles. The van der Waals surface area contributed by atoms with Crippen LogP contribution >= 0.6 is 139 Å². The predicted octanol–water partition coefficient (Wildman–Crippen LogP) is 27.8. The van der Waals surface area contributed by atoms with Gasteiger partial charge in [-0.1, -0.05) is 272 Å². The Kier molecular flexibility index (Phi) is 38.2. The van der Waals surface area contributed by atoms with Gasteiger partial charge in [-0.3, -0.25) is 40.5 Å². The number of benzene rings is 13. The summed E-state index contributed by atoms with van der Waals surface area (Å²) < 4.78 is 40.3. The minimum absolute atomic E-state index is 0.0241. The lowest BCUT2D eigenvalue weighted by Gasteiger charge is -2.32. The zero-order valence-corrected chi connectivity index (χ0v) is 84.7. The Morgan fingerprint density at radius 2 is 0.723 bits per heavy atom. The molecule has 0 unspecified atom stereocenters. The van der Waals surface area contributed by atoms with Gasteiger partial charge in [0.1, 0.15) is 0 Å². The van der Waals surface area contributed by atoms with Crippen LogP contribution in [0.2, 0.25) is 20.1 Å². The van der Waals surface area contributed by atoms with E-state index in [-0.39, 0.29) is 50.1 Å². The van der Waals surface area contributed by atoms with E-state index >= 15 is 0 Å². The molecule has 34 heteroatoms. The third-order valence-corrected chi connectivity index (χ3v) is 26.5. The van der Waals surface area contributed by atoms with E-state index < -0.39 is 54.2 Å². The maximum Gasteiger partial charge on any atom is 0.501 e. The van der Waals surface area contributed by atoms with Crippen molar-refractivity contribution < 1.29 is 57.7 Å². The summed E-state index contributed by atoms with van der Waals surface area (Å²) in [5.41, 5.74) is 7.73. The standard InChI is InChI=1S/C18H12ClNO2.C18H12ClN.C12H24B2O4.C12H16BNO4.C12H7BrClNO2.C6H7BO2.C6H3BrClI.C6H4BrNO2.C6H5I/c19-17-11-10-14(13-6-2-1-3-7-13)12-16(17)15-8-4-5-9-18(15)20(21)22;19-15-11-10-13(12-6-2-1-3-7-12)18-17(15)14-8-4-5-9-16(14)20-18;1-9(2)10(3,4)16-13(15-9)14-17-11(5,6)12(7,8)18-14;1-11(2)12(3,4)18-13(17-11)9-7-5-6-8-10(9)14(15)16;13-8-5-6-11(14)10(7-8)9-3-1-2-4-12(9)15(16)17;8-7(9)6-4-2-1-3-5-6;7-4-1-2-5(8)6(9)3-4;7-5-3-1-2-4-6(5)8(9)10;7-6-4-2-1-3-5-6/h1-12H;1-11,20H;1-8H3;5-8H,1-4H3;1-7H;1-5,8-9H;1-3H;1-4H;1-5H. The molecule has 14 aromatic rings. The van der Waals surface area contributed by atoms with Gasteiger partial charge in [0, 0.05) is 83.4 Å². The fourth-order valence-electron chi connectivity index (χ4n) is 12.7. The summed E-state index contributed by atoms with van der Waals surface area (Å²) in [5, 5.41) is 65.4. The van der Waals surface area contributed by atoms with Crippen molar-refractivity contribution in [2.75, 3.05) is 0 Å². The number of fused-ring (bicyclic) bond motifs is 3. The molecule has 670 valence electrons. The summed E-state index contributed by atoms with van der Waals surface area (Å²) in [6.07, 6.45) is 0. The Bertz CT molecular complexity index is 6150. The third kappa shape index (κ3) is 28.2. The number of halogens is 9. The average molecular weight is 2250 g/mol. The molecule has 0 bridgehead atoms. The molecule has 3 fully saturated rings. The first-order valence-corrected chi connectivity index (χ1v) is 46.3. The van der Waals surface area contributed by atoms with Gasteiger partial charge in [0.25, 0.3) is 22.7 Å². The quantitative estimate of drug-likeness (QED) is 0.0357. The number of para-hydroxylation sites is 5. The molecule has 3 aliphatic heterocycles. The van der Waals surface area contributed by atoms with Crippen molar-refractivity contribution in [2.45, 2.75) is 117 Å². The number of nitrogens with one attached hydrogen (secondary N) is 1. The van der Waals surface area contributed by atoms with Gasteiger partial charge in [-0.2, -0.15) is 0 Å². The van der Waals surface area contributed by atoms with Gasteiger partial charge in [0.15, 0.2) is 0 Å². The minimum Gasteiger partial charge on any atom is -0.423 e. The van der Waals surface area contributed by atoms with Crippen LogP contribution in [-0.4, -0.2) is 96.6 Å². The SMILES string of the molecule is CC1(C)OB(B2OC(C)(C)C(C)(C)O2)OC1(C)C.CC1(C)OB(c2ccccc2[N+](=O)[O-])OC1(C)C.Clc1ccc(-c2ccccc2)c2[nH]c3ccccc3c12.Clc1ccc(Br)cc1I.Ic1ccccc1.O=[N+]([O-])c1ccccc1-c1cc(-c2ccccc2)ccc1Cl.O=[N+]([O-])c1ccccc1-c1cc(Br)ccc1Cl.O=[N+]([O-])c1ccccc1Br.OB(O)c1ccccc1. The van der Waals surface area contributed by atoms with Crippen molar-refractivity contribution in [1.82, 2.24) is 4.98 Å². The number of nitro benzene ring substituents is 4. The molecule has 130 heavy (non-hydrogen) atoms. The van der Waals surface area contributed by atoms with Crippen LogP contribution in [0.1, 0.15) is 83.1 Å². The Labute approximate surface area is 829 Å². The molecule has 21 nitrogen and oxygen atoms in total. The lowest BCUT2D eigenvalue weighted by molar-refractivity contribution is -0.385. The van der Waals surface area contributed by atoms with Gasteiger partial charge < -0.3 is 43.0 Å². The molecule has 0 atom stereocenters. The highest BCUT2D eigenvalue weighted by Crippen LogP contribution is 2.45. The number of H-pyrrole nitrogens is 1. The maximum absolute atomic E-state index is 11.2. The smallest absolute Gasteiger partial charge is 0.423 e. The van der Waals surface area contributed by atoms with E-state index in [0.717, 1.165) is 50.1 Å². The van der Waals surface area contributed by atoms with Gasteiger partial charge >= 0.3 is 28.3 Å². The van der Waals surface area contributed by atoms with Crippen molar-refractivity contribution in [3.63, 3.8) is 0 Å². The van der Waals surface area contributed by atoms with E-state index in [1.165, 1.54) is 44.3 Å². The first kappa shape index (κ1) is 105.